The van der Waals surface area contributed by atoms with Crippen LogP contribution in [0.3, 0.4) is 0 Å². The first kappa shape index (κ1) is 30.5. The average molecular weight is 655 g/mol. The van der Waals surface area contributed by atoms with E-state index in [0.717, 1.165) is 18.3 Å². The first-order chi connectivity index (χ1) is 21.8. The monoisotopic (exact) mass is 654 g/mol. The summed E-state index contributed by atoms with van der Waals surface area (Å²) in [6, 6.07) is 6.51. The summed E-state index contributed by atoms with van der Waals surface area (Å²) >= 11 is 0. The number of carbonyl (C=O) groups excluding carboxylic acids is 1. The number of pyridine rings is 1. The molecule has 0 bridgehead atoms. The molecule has 0 N–H and O–H groups in total. The Hall–Kier alpha value is -4.17. The average Bonchev–Trinajstić information content (AvgIpc) is 3.67. The molecule has 0 spiro atoms. The van der Waals surface area contributed by atoms with Crippen molar-refractivity contribution < 1.29 is 30.8 Å². The van der Waals surface area contributed by atoms with Gasteiger partial charge in [0.1, 0.15) is 17.3 Å². The standard InChI is InChI=1S/C32H30F4N6O3S/c1-19-38-18-29(40(19)2)46(44,45)42(25-9-10-25)26-6-3-21-14-28-20(17-39-41(28)24-7-4-23(33)5-8-24)15-31(21,16-26)30(43)27-13-22(11-12-37-27)32(34,35)36/h4-5,7-8,11-14,17-18,25-26H,3,6,9-10,15-16H2,1-2H3/t26-,31-/m0/s1. The Bertz CT molecular complexity index is 2000. The molecule has 4 aromatic rings. The Balaban J connectivity index is 1.34. The van der Waals surface area contributed by atoms with E-state index < -0.39 is 44.8 Å². The smallest absolute Gasteiger partial charge is 0.321 e. The van der Waals surface area contributed by atoms with E-state index in [1.165, 1.54) is 27.2 Å². The van der Waals surface area contributed by atoms with Crippen molar-refractivity contribution in [3.8, 4) is 5.69 Å². The fourth-order valence-electron chi connectivity index (χ4n) is 6.91. The predicted molar refractivity (Wildman–Crippen MR) is 159 cm³/mol. The molecule has 0 saturated heterocycles. The zero-order valence-electron chi connectivity index (χ0n) is 25.0. The van der Waals surface area contributed by atoms with Crippen molar-refractivity contribution in [1.29, 1.82) is 0 Å². The summed E-state index contributed by atoms with van der Waals surface area (Å²) in [5.74, 6) is -0.473. The van der Waals surface area contributed by atoms with Gasteiger partial charge < -0.3 is 4.57 Å². The van der Waals surface area contributed by atoms with Crippen LogP contribution in [0, 0.1) is 18.2 Å². The maximum atomic E-state index is 14.6. The normalized spacial score (nSPS) is 21.5. The molecule has 7 rings (SSSR count). The Labute approximate surface area is 262 Å². The number of halogens is 4. The van der Waals surface area contributed by atoms with Crippen molar-refractivity contribution in [1.82, 2.24) is 28.6 Å². The molecule has 2 saturated carbocycles. The molecule has 14 heteroatoms. The molecular formula is C32H30F4N6O3S. The van der Waals surface area contributed by atoms with E-state index >= 15 is 0 Å². The molecule has 0 amide bonds. The third kappa shape index (κ3) is 4.98. The topological polar surface area (TPSA) is 103 Å². The number of allylic oxidation sites excluding steroid dienone is 1. The molecule has 46 heavy (non-hydrogen) atoms. The SMILES string of the molecule is Cc1ncc(S(=O)(=O)N(C2CC2)[C@H]2CCC3=Cc4c(cnn4-c4ccc(F)cc4)C[C@]3(C(=O)c3cc(C(F)(F)F)ccn3)C2)n1C. The van der Waals surface area contributed by atoms with Crippen molar-refractivity contribution >= 4 is 21.9 Å². The summed E-state index contributed by atoms with van der Waals surface area (Å²) < 4.78 is 87.8. The van der Waals surface area contributed by atoms with Gasteiger partial charge in [0.2, 0.25) is 0 Å². The van der Waals surface area contributed by atoms with E-state index in [-0.39, 0.29) is 29.6 Å². The molecule has 3 aromatic heterocycles. The number of aromatic nitrogens is 5. The lowest BCUT2D eigenvalue weighted by Gasteiger charge is -2.46. The van der Waals surface area contributed by atoms with Crippen LogP contribution in [0.4, 0.5) is 17.6 Å². The highest BCUT2D eigenvalue weighted by molar-refractivity contribution is 7.89. The number of imidazole rings is 1. The number of carbonyl (C=O) groups is 1. The minimum Gasteiger partial charge on any atom is -0.321 e. The Kier molecular flexibility index (Phi) is 7.09. The molecule has 2 fully saturated rings. The number of fused-ring (bicyclic) bond motifs is 2. The van der Waals surface area contributed by atoms with Crippen LogP contribution in [0.5, 0.6) is 0 Å². The van der Waals surface area contributed by atoms with Gasteiger partial charge in [-0.1, -0.05) is 5.57 Å². The quantitative estimate of drug-likeness (QED) is 0.188. The molecule has 0 radical (unpaired) electrons. The number of Topliss-reactive ketones (excluding diaryl/α,β-unsaturated/α-hetero) is 1. The molecule has 1 aromatic carbocycles. The van der Waals surface area contributed by atoms with Crippen molar-refractivity contribution in [2.75, 3.05) is 0 Å². The lowest BCUT2D eigenvalue weighted by atomic mass is 9.60. The van der Waals surface area contributed by atoms with Crippen molar-refractivity contribution in [3.05, 3.63) is 94.7 Å². The van der Waals surface area contributed by atoms with E-state index in [2.05, 4.69) is 15.1 Å². The first-order valence-electron chi connectivity index (χ1n) is 14.9. The second-order valence-electron chi connectivity index (χ2n) is 12.3. The van der Waals surface area contributed by atoms with E-state index in [4.69, 9.17) is 0 Å². The van der Waals surface area contributed by atoms with Crippen LogP contribution in [0.1, 0.15) is 65.2 Å². The van der Waals surface area contributed by atoms with Gasteiger partial charge in [-0.25, -0.2) is 22.5 Å². The maximum absolute atomic E-state index is 14.6. The van der Waals surface area contributed by atoms with Gasteiger partial charge in [-0.05, 0) is 93.5 Å². The highest BCUT2D eigenvalue weighted by Gasteiger charge is 2.54. The van der Waals surface area contributed by atoms with Crippen molar-refractivity contribution in [2.45, 2.75) is 68.7 Å². The largest absolute Gasteiger partial charge is 0.416 e. The number of hydrogen-bond acceptors (Lipinski definition) is 6. The van der Waals surface area contributed by atoms with Gasteiger partial charge in [0.05, 0.1) is 34.8 Å². The lowest BCUT2D eigenvalue weighted by Crippen LogP contribution is -2.51. The highest BCUT2D eigenvalue weighted by atomic mass is 32.2. The Morgan fingerprint density at radius 2 is 1.78 bits per heavy atom. The fourth-order valence-corrected chi connectivity index (χ4v) is 8.97. The number of hydrogen-bond donors (Lipinski definition) is 0. The Morgan fingerprint density at radius 3 is 2.43 bits per heavy atom. The third-order valence-electron chi connectivity index (χ3n) is 9.45. The minimum atomic E-state index is -4.68. The van der Waals surface area contributed by atoms with Crippen LogP contribution in [-0.4, -0.2) is 54.9 Å². The number of sulfonamides is 1. The lowest BCUT2D eigenvalue weighted by molar-refractivity contribution is -0.137. The summed E-state index contributed by atoms with van der Waals surface area (Å²) in [4.78, 5) is 22.8. The van der Waals surface area contributed by atoms with Gasteiger partial charge >= 0.3 is 6.18 Å². The molecule has 240 valence electrons. The molecular weight excluding hydrogens is 624 g/mol. The van der Waals surface area contributed by atoms with Crippen LogP contribution < -0.4 is 0 Å². The van der Waals surface area contributed by atoms with Crippen molar-refractivity contribution in [3.63, 3.8) is 0 Å². The molecule has 9 nitrogen and oxygen atoms in total. The van der Waals surface area contributed by atoms with E-state index in [9.17, 15) is 30.8 Å². The Morgan fingerprint density at radius 1 is 1.04 bits per heavy atom. The summed E-state index contributed by atoms with van der Waals surface area (Å²) in [5, 5.41) is 4.55. The van der Waals surface area contributed by atoms with E-state index in [1.807, 2.05) is 6.08 Å². The maximum Gasteiger partial charge on any atom is 0.416 e. The first-order valence-corrected chi connectivity index (χ1v) is 16.4. The van der Waals surface area contributed by atoms with Crippen LogP contribution in [0.25, 0.3) is 11.8 Å². The zero-order chi connectivity index (χ0) is 32.6. The van der Waals surface area contributed by atoms with Gasteiger partial charge in [-0.3, -0.25) is 9.78 Å². The number of ketones is 1. The fraction of sp³-hybridized carbons (Fsp3) is 0.375. The number of benzene rings is 1. The summed E-state index contributed by atoms with van der Waals surface area (Å²) in [5.41, 5.74) is -0.0737. The number of nitrogens with zero attached hydrogens (tertiary/aromatic N) is 6. The second-order valence-corrected chi connectivity index (χ2v) is 14.1. The van der Waals surface area contributed by atoms with Gasteiger partial charge in [-0.15, -0.1) is 0 Å². The summed E-state index contributed by atoms with van der Waals surface area (Å²) in [6.07, 6.45) is 3.26. The van der Waals surface area contributed by atoms with Gasteiger partial charge in [-0.2, -0.15) is 22.6 Å². The number of rotatable bonds is 7. The van der Waals surface area contributed by atoms with Gasteiger partial charge in [0, 0.05) is 25.3 Å². The predicted octanol–water partition coefficient (Wildman–Crippen LogP) is 5.68. The molecule has 2 atom stereocenters. The molecule has 0 aliphatic heterocycles. The highest BCUT2D eigenvalue weighted by Crippen LogP contribution is 2.53. The second kappa shape index (κ2) is 10.7. The van der Waals surface area contributed by atoms with Gasteiger partial charge in [0.15, 0.2) is 10.8 Å². The van der Waals surface area contributed by atoms with Crippen LogP contribution in [0.15, 0.2) is 65.6 Å². The van der Waals surface area contributed by atoms with E-state index in [0.29, 0.717) is 54.0 Å². The number of alkyl halides is 3. The van der Waals surface area contributed by atoms with Crippen LogP contribution in [0.2, 0.25) is 0 Å². The summed E-state index contributed by atoms with van der Waals surface area (Å²) in [6.45, 7) is 1.71. The molecule has 3 aliphatic carbocycles. The number of aryl methyl sites for hydroxylation is 1. The molecule has 0 unspecified atom stereocenters. The third-order valence-corrected chi connectivity index (χ3v) is 11.5. The van der Waals surface area contributed by atoms with Crippen LogP contribution >= 0.6 is 0 Å². The van der Waals surface area contributed by atoms with E-state index in [1.54, 1.807) is 37.0 Å². The zero-order valence-corrected chi connectivity index (χ0v) is 25.8. The van der Waals surface area contributed by atoms with Crippen molar-refractivity contribution in [2.24, 2.45) is 12.5 Å². The van der Waals surface area contributed by atoms with Gasteiger partial charge in [0.25, 0.3) is 10.0 Å². The minimum absolute atomic E-state index is 0.0460. The molecule has 3 aliphatic rings. The summed E-state index contributed by atoms with van der Waals surface area (Å²) in [7, 11) is -2.40. The molecule has 3 heterocycles. The van der Waals surface area contributed by atoms with Crippen LogP contribution in [-0.2, 0) is 29.7 Å².